The molecule has 4 aliphatic rings. The number of hydrogen-bond acceptors (Lipinski definition) is 2. The van der Waals surface area contributed by atoms with Gasteiger partial charge in [0.2, 0.25) is 0 Å². The first-order valence-electron chi connectivity index (χ1n) is 36.4. The molecular weight excluding hydrogens is 1240 g/mol. The van der Waals surface area contributed by atoms with Crippen molar-refractivity contribution in [1.82, 2.24) is 4.57 Å². The summed E-state index contributed by atoms with van der Waals surface area (Å²) in [6.45, 7) is 14.0. The molecule has 103 heavy (non-hydrogen) atoms. The van der Waals surface area contributed by atoms with Crippen molar-refractivity contribution >= 4 is 79.0 Å². The van der Waals surface area contributed by atoms with E-state index >= 15 is 0 Å². The van der Waals surface area contributed by atoms with Gasteiger partial charge in [-0.05, 0) is 171 Å². The molecule has 0 amide bonds. The van der Waals surface area contributed by atoms with Crippen molar-refractivity contribution in [3.05, 3.63) is 373 Å². The molecule has 1 spiro atoms. The minimum Gasteiger partial charge on any atom is -0.310 e. The van der Waals surface area contributed by atoms with E-state index in [-0.39, 0.29) is 17.5 Å². The van der Waals surface area contributed by atoms with E-state index in [4.69, 9.17) is 0 Å². The molecule has 0 atom stereocenters. The molecular formula is C99H74BN3. The lowest BCUT2D eigenvalue weighted by molar-refractivity contribution is 0.590. The molecule has 3 nitrogen and oxygen atoms in total. The number of fused-ring (bicyclic) bond motifs is 17. The molecule has 2 aliphatic carbocycles. The van der Waals surface area contributed by atoms with Gasteiger partial charge in [0.1, 0.15) is 0 Å². The Morgan fingerprint density at radius 1 is 0.272 bits per heavy atom. The molecule has 4 heteroatoms. The van der Waals surface area contributed by atoms with E-state index in [1.54, 1.807) is 0 Å². The van der Waals surface area contributed by atoms with Crippen molar-refractivity contribution in [2.24, 2.45) is 0 Å². The van der Waals surface area contributed by atoms with Crippen LogP contribution in [0.4, 0.5) is 34.1 Å². The second kappa shape index (κ2) is 22.9. The number of rotatable bonds is 8. The molecule has 488 valence electrons. The molecule has 15 aromatic carbocycles. The predicted octanol–water partition coefficient (Wildman–Crippen LogP) is 24.1. The van der Waals surface area contributed by atoms with Gasteiger partial charge in [0.05, 0.1) is 27.8 Å². The third-order valence-corrected chi connectivity index (χ3v) is 22.9. The molecule has 0 fully saturated rings. The Bertz CT molecular complexity index is 5910. The zero-order valence-electron chi connectivity index (χ0n) is 58.8. The average molecular weight is 1320 g/mol. The zero-order chi connectivity index (χ0) is 69.0. The summed E-state index contributed by atoms with van der Waals surface area (Å²) in [7, 11) is 0. The highest BCUT2D eigenvalue weighted by Gasteiger charge is 2.54. The Balaban J connectivity index is 1.00. The topological polar surface area (TPSA) is 11.4 Å². The van der Waals surface area contributed by atoms with Gasteiger partial charge in [-0.15, -0.1) is 0 Å². The molecule has 0 saturated carbocycles. The van der Waals surface area contributed by atoms with Crippen LogP contribution in [0.15, 0.2) is 340 Å². The van der Waals surface area contributed by atoms with Crippen LogP contribution in [0, 0.1) is 0 Å². The third-order valence-electron chi connectivity index (χ3n) is 22.9. The SMILES string of the molecule is CC(C)(C)c1ccc2c(c1)B1c3ccc(-n4c5ccccc5c5ccccc54)cc3N(c3c(-c4ccccc4)cc(C(C)(C)C)cc3-c3ccccc3)c3cc(-c4cccc5c4C4(c6ccccc6-c6ccccc64)c4ccccc4-5)cc(c31)N2c1c(-c2ccccc2)cccc1-c1ccccc1. The van der Waals surface area contributed by atoms with E-state index < -0.39 is 5.41 Å². The highest BCUT2D eigenvalue weighted by atomic mass is 15.2. The van der Waals surface area contributed by atoms with Gasteiger partial charge in [-0.1, -0.05) is 327 Å². The van der Waals surface area contributed by atoms with Gasteiger partial charge < -0.3 is 14.4 Å². The van der Waals surface area contributed by atoms with Crippen LogP contribution in [-0.4, -0.2) is 11.3 Å². The molecule has 0 bridgehead atoms. The molecule has 16 aromatic rings. The Morgan fingerprint density at radius 2 is 0.680 bits per heavy atom. The maximum atomic E-state index is 2.76. The van der Waals surface area contributed by atoms with Crippen molar-refractivity contribution in [1.29, 1.82) is 0 Å². The normalized spacial score (nSPS) is 13.6. The van der Waals surface area contributed by atoms with Crippen LogP contribution in [0.3, 0.4) is 0 Å². The quantitative estimate of drug-likeness (QED) is 0.141. The Kier molecular flexibility index (Phi) is 13.5. The minimum atomic E-state index is -0.644. The van der Waals surface area contributed by atoms with Crippen molar-refractivity contribution < 1.29 is 0 Å². The fourth-order valence-corrected chi connectivity index (χ4v) is 18.3. The van der Waals surface area contributed by atoms with Gasteiger partial charge in [-0.3, -0.25) is 0 Å². The lowest BCUT2D eigenvalue weighted by Crippen LogP contribution is -2.61. The molecule has 0 N–H and O–H groups in total. The number of anilines is 6. The van der Waals surface area contributed by atoms with Crippen molar-refractivity contribution in [2.75, 3.05) is 9.80 Å². The van der Waals surface area contributed by atoms with Gasteiger partial charge in [0.15, 0.2) is 0 Å². The summed E-state index contributed by atoms with van der Waals surface area (Å²) < 4.78 is 2.51. The number of aromatic nitrogens is 1. The van der Waals surface area contributed by atoms with E-state index in [0.29, 0.717) is 0 Å². The second-order valence-electron chi connectivity index (χ2n) is 30.6. The maximum absolute atomic E-state index is 2.76. The number of nitrogens with zero attached hydrogens (tertiary/aromatic N) is 3. The fourth-order valence-electron chi connectivity index (χ4n) is 18.3. The molecule has 1 aromatic heterocycles. The average Bonchev–Trinajstić information content (AvgIpc) is 1.57. The van der Waals surface area contributed by atoms with Crippen LogP contribution in [0.2, 0.25) is 0 Å². The zero-order valence-corrected chi connectivity index (χ0v) is 58.8. The first-order valence-corrected chi connectivity index (χ1v) is 36.4. The van der Waals surface area contributed by atoms with E-state index in [2.05, 4.69) is 396 Å². The van der Waals surface area contributed by atoms with E-state index in [1.807, 2.05) is 0 Å². The Morgan fingerprint density at radius 3 is 1.18 bits per heavy atom. The summed E-state index contributed by atoms with van der Waals surface area (Å²) in [5.74, 6) is 0. The second-order valence-corrected chi connectivity index (χ2v) is 30.6. The number of para-hydroxylation sites is 3. The van der Waals surface area contributed by atoms with Crippen molar-refractivity contribution in [2.45, 2.75) is 57.8 Å². The lowest BCUT2D eigenvalue weighted by atomic mass is 9.33. The van der Waals surface area contributed by atoms with Crippen LogP contribution in [0.25, 0.3) is 105 Å². The molecule has 0 unspecified atom stereocenters. The predicted molar refractivity (Wildman–Crippen MR) is 436 cm³/mol. The highest BCUT2D eigenvalue weighted by Crippen LogP contribution is 2.65. The monoisotopic (exact) mass is 1320 g/mol. The molecule has 2 aliphatic heterocycles. The van der Waals surface area contributed by atoms with Crippen LogP contribution in [0.1, 0.15) is 74.9 Å². The maximum Gasteiger partial charge on any atom is 0.252 e. The minimum absolute atomic E-state index is 0.184. The smallest absolute Gasteiger partial charge is 0.252 e. The number of hydrogen-bond donors (Lipinski definition) is 0. The van der Waals surface area contributed by atoms with Gasteiger partial charge >= 0.3 is 0 Å². The molecule has 0 saturated heterocycles. The van der Waals surface area contributed by atoms with Gasteiger partial charge in [-0.25, -0.2) is 0 Å². The van der Waals surface area contributed by atoms with Gasteiger partial charge in [-0.2, -0.15) is 0 Å². The van der Waals surface area contributed by atoms with Crippen LogP contribution < -0.4 is 26.2 Å². The van der Waals surface area contributed by atoms with Gasteiger partial charge in [0, 0.05) is 61.5 Å². The molecule has 0 radical (unpaired) electrons. The largest absolute Gasteiger partial charge is 0.310 e. The third kappa shape index (κ3) is 9.03. The van der Waals surface area contributed by atoms with Gasteiger partial charge in [0.25, 0.3) is 6.71 Å². The van der Waals surface area contributed by atoms with E-state index in [9.17, 15) is 0 Å². The summed E-state index contributed by atoms with van der Waals surface area (Å²) in [5.41, 5.74) is 37.4. The van der Waals surface area contributed by atoms with Crippen LogP contribution in [-0.2, 0) is 16.2 Å². The Hall–Kier alpha value is -12.2. The van der Waals surface area contributed by atoms with E-state index in [1.165, 1.54) is 99.4 Å². The van der Waals surface area contributed by atoms with Crippen LogP contribution in [0.5, 0.6) is 0 Å². The first-order chi connectivity index (χ1) is 50.4. The molecule has 3 heterocycles. The van der Waals surface area contributed by atoms with Crippen molar-refractivity contribution in [3.63, 3.8) is 0 Å². The lowest BCUT2D eigenvalue weighted by Gasteiger charge is -2.46. The van der Waals surface area contributed by atoms with Crippen LogP contribution >= 0.6 is 0 Å². The first kappa shape index (κ1) is 60.7. The van der Waals surface area contributed by atoms with Crippen molar-refractivity contribution in [3.8, 4) is 83.6 Å². The molecule has 20 rings (SSSR count). The van der Waals surface area contributed by atoms with E-state index in [0.717, 1.165) is 89.9 Å². The summed E-state index contributed by atoms with van der Waals surface area (Å²) in [6, 6.07) is 130. The summed E-state index contributed by atoms with van der Waals surface area (Å²) in [4.78, 5) is 5.47. The Labute approximate surface area is 604 Å². The summed E-state index contributed by atoms with van der Waals surface area (Å²) in [5, 5.41) is 2.46. The number of benzene rings is 15. The fraction of sp³-hybridized carbons (Fsp3) is 0.0909. The highest BCUT2D eigenvalue weighted by molar-refractivity contribution is 7.00. The summed E-state index contributed by atoms with van der Waals surface area (Å²) in [6.07, 6.45) is 0. The standard InChI is InChI=1S/C99H74BN3/c1-97(2,3)68-53-56-89-86(61-68)100-85-55-54-70(101-87-51-27-22-42-77(87)78-43-23-28-52-88(78)101)62-90(85)103(96-80(65-35-15-9-16-36-65)59-69(98(4,5)6)60-81(96)66-37-17-10-18-38-66)92-58-67(57-91(94(92)100)102(89)95-72(63-31-11-7-12-32-63)45-30-46-73(95)64-33-13-8-14-34-64)71-44-29-47-79-76-41-21-26-50-84(76)99(93(71)79)82-48-24-19-39-74(82)75-40-20-25-49-83(75)99/h7-62H,1-6H3. The summed E-state index contributed by atoms with van der Waals surface area (Å²) >= 11 is 0.